The molecule has 0 fully saturated rings. The molecule has 19 heavy (non-hydrogen) atoms. The van der Waals surface area contributed by atoms with Gasteiger partial charge < -0.3 is 5.32 Å². The topological polar surface area (TPSA) is 49.4 Å². The molecule has 1 aromatic rings. The van der Waals surface area contributed by atoms with E-state index in [0.29, 0.717) is 17.4 Å². The Morgan fingerprint density at radius 2 is 1.79 bits per heavy atom. The summed E-state index contributed by atoms with van der Waals surface area (Å²) in [7, 11) is 0.150. The summed E-state index contributed by atoms with van der Waals surface area (Å²) in [6.45, 7) is 5.47. The number of rotatable bonds is 7. The number of hydrogen-bond acceptors (Lipinski definition) is 3. The minimum Gasteiger partial charge on any atom is -0.316 e. The molecule has 0 atom stereocenters. The molecule has 0 saturated heterocycles. The van der Waals surface area contributed by atoms with Crippen molar-refractivity contribution in [1.82, 2.24) is 9.62 Å². The largest absolute Gasteiger partial charge is 0.316 e. The number of nitrogens with zero attached hydrogens (tertiary/aromatic N) is 1. The fraction of sp³-hybridized carbons (Fsp3) is 0.571. The van der Waals surface area contributed by atoms with Crippen molar-refractivity contribution in [2.24, 2.45) is 5.92 Å². The lowest BCUT2D eigenvalue weighted by molar-refractivity contribution is 0.428. The highest BCUT2D eigenvalue weighted by Crippen LogP contribution is 2.16. The first kappa shape index (κ1) is 16.1. The van der Waals surface area contributed by atoms with E-state index in [9.17, 15) is 8.42 Å². The van der Waals surface area contributed by atoms with Crippen LogP contribution in [0.25, 0.3) is 0 Å². The van der Waals surface area contributed by atoms with E-state index >= 15 is 0 Å². The highest BCUT2D eigenvalue weighted by Gasteiger charge is 2.20. The average Bonchev–Trinajstić information content (AvgIpc) is 2.36. The van der Waals surface area contributed by atoms with Crippen molar-refractivity contribution >= 4 is 10.0 Å². The lowest BCUT2D eigenvalue weighted by Gasteiger charge is -2.18. The van der Waals surface area contributed by atoms with Crippen LogP contribution in [0.4, 0.5) is 0 Å². The normalized spacial score (nSPS) is 12.3. The van der Waals surface area contributed by atoms with Gasteiger partial charge in [-0.25, -0.2) is 12.7 Å². The van der Waals surface area contributed by atoms with Crippen molar-refractivity contribution in [2.45, 2.75) is 31.7 Å². The fourth-order valence-electron chi connectivity index (χ4n) is 1.72. The summed E-state index contributed by atoms with van der Waals surface area (Å²) in [5.41, 5.74) is 1.08. The molecule has 0 aromatic heterocycles. The first-order chi connectivity index (χ1) is 8.87. The first-order valence-corrected chi connectivity index (χ1v) is 8.01. The van der Waals surface area contributed by atoms with E-state index in [4.69, 9.17) is 0 Å². The van der Waals surface area contributed by atoms with Gasteiger partial charge in [-0.15, -0.1) is 0 Å². The van der Waals surface area contributed by atoms with Gasteiger partial charge in [0.2, 0.25) is 10.0 Å². The highest BCUT2D eigenvalue weighted by molar-refractivity contribution is 7.89. The van der Waals surface area contributed by atoms with Crippen LogP contribution in [0.5, 0.6) is 0 Å². The minimum absolute atomic E-state index is 0.360. The summed E-state index contributed by atoms with van der Waals surface area (Å²) in [5.74, 6) is 0.496. The molecule has 108 valence electrons. The Balaban J connectivity index is 2.81. The summed E-state index contributed by atoms with van der Waals surface area (Å²) in [6.07, 6.45) is 0.869. The molecule has 5 heteroatoms. The standard InChI is InChI=1S/C14H24N2O2S/c1-12(2)9-10-16(4)19(17,18)14-7-5-13(6-8-14)11-15-3/h5-8,12,15H,9-11H2,1-4H3. The van der Waals surface area contributed by atoms with E-state index in [-0.39, 0.29) is 0 Å². The average molecular weight is 284 g/mol. The van der Waals surface area contributed by atoms with Crippen LogP contribution in [-0.4, -0.2) is 33.4 Å². The monoisotopic (exact) mass is 284 g/mol. The Morgan fingerprint density at radius 3 is 2.26 bits per heavy atom. The van der Waals surface area contributed by atoms with Crippen molar-refractivity contribution in [1.29, 1.82) is 0 Å². The maximum atomic E-state index is 12.3. The SMILES string of the molecule is CNCc1ccc(S(=O)(=O)N(C)CCC(C)C)cc1. The number of sulfonamides is 1. The van der Waals surface area contributed by atoms with Gasteiger partial charge in [-0.1, -0.05) is 26.0 Å². The van der Waals surface area contributed by atoms with E-state index in [1.807, 2.05) is 19.2 Å². The second-order valence-corrected chi connectivity index (χ2v) is 7.23. The molecule has 0 unspecified atom stereocenters. The Kier molecular flexibility index (Phi) is 5.97. The van der Waals surface area contributed by atoms with Crippen molar-refractivity contribution in [3.63, 3.8) is 0 Å². The maximum absolute atomic E-state index is 12.3. The van der Waals surface area contributed by atoms with E-state index in [2.05, 4.69) is 19.2 Å². The van der Waals surface area contributed by atoms with Crippen LogP contribution < -0.4 is 5.32 Å². The smallest absolute Gasteiger partial charge is 0.242 e. The van der Waals surface area contributed by atoms with Gasteiger partial charge in [0, 0.05) is 20.1 Å². The van der Waals surface area contributed by atoms with E-state index < -0.39 is 10.0 Å². The van der Waals surface area contributed by atoms with Gasteiger partial charge in [0.1, 0.15) is 0 Å². The van der Waals surface area contributed by atoms with Crippen molar-refractivity contribution < 1.29 is 8.42 Å². The summed E-state index contributed by atoms with van der Waals surface area (Å²) in [5, 5.41) is 3.04. The Hall–Kier alpha value is -0.910. The summed E-state index contributed by atoms with van der Waals surface area (Å²) >= 11 is 0. The zero-order valence-corrected chi connectivity index (χ0v) is 13.0. The molecule has 1 rings (SSSR count). The molecule has 0 aliphatic carbocycles. The Bertz CT molecular complexity index is 481. The van der Waals surface area contributed by atoms with Crippen LogP contribution in [0.3, 0.4) is 0 Å². The molecule has 0 amide bonds. The van der Waals surface area contributed by atoms with Crippen LogP contribution in [0.2, 0.25) is 0 Å². The molecule has 1 N–H and O–H groups in total. The van der Waals surface area contributed by atoms with Gasteiger partial charge >= 0.3 is 0 Å². The van der Waals surface area contributed by atoms with Gasteiger partial charge in [0.15, 0.2) is 0 Å². The second-order valence-electron chi connectivity index (χ2n) is 5.18. The van der Waals surface area contributed by atoms with Crippen LogP contribution in [0.1, 0.15) is 25.8 Å². The van der Waals surface area contributed by atoms with Crippen LogP contribution >= 0.6 is 0 Å². The molecule has 0 radical (unpaired) electrons. The third-order valence-corrected chi connectivity index (χ3v) is 4.90. The summed E-state index contributed by atoms with van der Waals surface area (Å²) in [4.78, 5) is 0.360. The molecule has 0 saturated carbocycles. The molecule has 4 nitrogen and oxygen atoms in total. The molecular formula is C14H24N2O2S. The minimum atomic E-state index is -3.35. The predicted molar refractivity (Wildman–Crippen MR) is 78.5 cm³/mol. The lowest BCUT2D eigenvalue weighted by Crippen LogP contribution is -2.28. The van der Waals surface area contributed by atoms with Crippen molar-refractivity contribution in [2.75, 3.05) is 20.6 Å². The van der Waals surface area contributed by atoms with Crippen LogP contribution in [-0.2, 0) is 16.6 Å². The van der Waals surface area contributed by atoms with E-state index in [0.717, 1.165) is 18.5 Å². The van der Waals surface area contributed by atoms with Crippen LogP contribution in [0, 0.1) is 5.92 Å². The van der Waals surface area contributed by atoms with Gasteiger partial charge in [-0.05, 0) is 37.1 Å². The zero-order valence-electron chi connectivity index (χ0n) is 12.2. The quantitative estimate of drug-likeness (QED) is 0.834. The molecule has 0 spiro atoms. The lowest BCUT2D eigenvalue weighted by atomic mass is 10.1. The fourth-order valence-corrected chi connectivity index (χ4v) is 2.91. The highest BCUT2D eigenvalue weighted by atomic mass is 32.2. The number of hydrogen-bond donors (Lipinski definition) is 1. The van der Waals surface area contributed by atoms with Gasteiger partial charge in [0.05, 0.1) is 4.90 Å². The zero-order chi connectivity index (χ0) is 14.5. The molecule has 0 aliphatic heterocycles. The Morgan fingerprint density at radius 1 is 1.21 bits per heavy atom. The number of nitrogens with one attached hydrogen (secondary N) is 1. The molecule has 0 aliphatic rings. The van der Waals surface area contributed by atoms with Crippen LogP contribution in [0.15, 0.2) is 29.2 Å². The first-order valence-electron chi connectivity index (χ1n) is 6.57. The van der Waals surface area contributed by atoms with E-state index in [1.54, 1.807) is 19.2 Å². The molecule has 0 bridgehead atoms. The van der Waals surface area contributed by atoms with Gasteiger partial charge in [0.25, 0.3) is 0 Å². The third kappa shape index (κ3) is 4.60. The molecular weight excluding hydrogens is 260 g/mol. The van der Waals surface area contributed by atoms with Crippen molar-refractivity contribution in [3.05, 3.63) is 29.8 Å². The molecule has 0 heterocycles. The Labute approximate surface area is 116 Å². The maximum Gasteiger partial charge on any atom is 0.242 e. The predicted octanol–water partition coefficient (Wildman–Crippen LogP) is 2.07. The molecule has 1 aromatic carbocycles. The second kappa shape index (κ2) is 7.03. The van der Waals surface area contributed by atoms with E-state index in [1.165, 1.54) is 4.31 Å². The number of benzene rings is 1. The third-order valence-electron chi connectivity index (χ3n) is 3.03. The van der Waals surface area contributed by atoms with Crippen molar-refractivity contribution in [3.8, 4) is 0 Å². The summed E-state index contributed by atoms with van der Waals surface area (Å²) in [6, 6.07) is 7.04. The summed E-state index contributed by atoms with van der Waals surface area (Å²) < 4.78 is 26.1. The van der Waals surface area contributed by atoms with Gasteiger partial charge in [-0.3, -0.25) is 0 Å². The van der Waals surface area contributed by atoms with Gasteiger partial charge in [-0.2, -0.15) is 0 Å².